The maximum Gasteiger partial charge on any atom is 0.334 e. The lowest BCUT2D eigenvalue weighted by molar-refractivity contribution is -0.145. The molecule has 150 valence electrons. The minimum atomic E-state index is -0.930. The maximum absolute atomic E-state index is 12.8. The molecule has 0 radical (unpaired) electrons. The van der Waals surface area contributed by atoms with Crippen molar-refractivity contribution < 1.29 is 19.2 Å². The molecule has 7 nitrogen and oxygen atoms in total. The molecular formula is C22H23N3O4. The number of fused-ring (bicyclic) bond motifs is 1. The first kappa shape index (κ1) is 19.1. The summed E-state index contributed by atoms with van der Waals surface area (Å²) in [6.07, 6.45) is 3.58. The van der Waals surface area contributed by atoms with Gasteiger partial charge in [-0.05, 0) is 30.2 Å². The van der Waals surface area contributed by atoms with E-state index in [1.165, 1.54) is 0 Å². The molecule has 29 heavy (non-hydrogen) atoms. The average Bonchev–Trinajstić information content (AvgIpc) is 2.92. The van der Waals surface area contributed by atoms with E-state index in [0.29, 0.717) is 12.1 Å². The third kappa shape index (κ3) is 3.48. The maximum atomic E-state index is 12.8. The number of nitrogens with zero attached hydrogens (tertiary/aromatic N) is 2. The van der Waals surface area contributed by atoms with Gasteiger partial charge in [-0.25, -0.2) is 9.69 Å². The summed E-state index contributed by atoms with van der Waals surface area (Å²) < 4.78 is 0. The third-order valence-corrected chi connectivity index (χ3v) is 5.85. The molecule has 2 atom stereocenters. The molecule has 4 rings (SSSR count). The number of anilines is 1. The Bertz CT molecular complexity index is 997. The second-order valence-electron chi connectivity index (χ2n) is 7.75. The second kappa shape index (κ2) is 7.66. The van der Waals surface area contributed by atoms with Crippen molar-refractivity contribution in [2.45, 2.75) is 38.6 Å². The average molecular weight is 393 g/mol. The van der Waals surface area contributed by atoms with E-state index in [2.05, 4.69) is 5.32 Å². The van der Waals surface area contributed by atoms with E-state index >= 15 is 0 Å². The Morgan fingerprint density at radius 1 is 1.00 bits per heavy atom. The van der Waals surface area contributed by atoms with Gasteiger partial charge in [0.2, 0.25) is 5.91 Å². The molecule has 2 aliphatic rings. The summed E-state index contributed by atoms with van der Waals surface area (Å²) >= 11 is 0. The van der Waals surface area contributed by atoms with Crippen molar-refractivity contribution in [2.24, 2.45) is 5.92 Å². The molecule has 1 saturated carbocycles. The monoisotopic (exact) mass is 393 g/mol. The highest BCUT2D eigenvalue weighted by molar-refractivity contribution is 6.45. The Hall–Kier alpha value is -3.22. The van der Waals surface area contributed by atoms with Gasteiger partial charge in [-0.15, -0.1) is 0 Å². The van der Waals surface area contributed by atoms with E-state index in [4.69, 9.17) is 0 Å². The first-order valence-electron chi connectivity index (χ1n) is 9.94. The quantitative estimate of drug-likeness (QED) is 0.639. The lowest BCUT2D eigenvalue weighted by Crippen LogP contribution is -2.46. The summed E-state index contributed by atoms with van der Waals surface area (Å²) in [5.41, 5.74) is 0.594. The predicted octanol–water partition coefficient (Wildman–Crippen LogP) is 3.15. The topological polar surface area (TPSA) is 86.8 Å². The van der Waals surface area contributed by atoms with Crippen LogP contribution in [0.1, 0.15) is 32.6 Å². The lowest BCUT2D eigenvalue weighted by Gasteiger charge is -2.34. The van der Waals surface area contributed by atoms with Crippen LogP contribution >= 0.6 is 0 Å². The molecule has 0 aromatic heterocycles. The third-order valence-electron chi connectivity index (χ3n) is 5.85. The fourth-order valence-corrected chi connectivity index (χ4v) is 4.30. The van der Waals surface area contributed by atoms with Crippen LogP contribution in [0, 0.1) is 5.92 Å². The van der Waals surface area contributed by atoms with Crippen LogP contribution in [0.15, 0.2) is 42.5 Å². The molecule has 1 saturated heterocycles. The molecule has 2 fully saturated rings. The second-order valence-corrected chi connectivity index (χ2v) is 7.75. The molecule has 0 unspecified atom stereocenters. The molecule has 1 aliphatic heterocycles. The number of carbonyl (C=O) groups excluding carboxylic acids is 4. The highest BCUT2D eigenvalue weighted by atomic mass is 16.2. The van der Waals surface area contributed by atoms with E-state index in [-0.39, 0.29) is 12.0 Å². The minimum absolute atomic E-state index is 0.147. The molecule has 1 N–H and O–H groups in total. The van der Waals surface area contributed by atoms with Gasteiger partial charge in [-0.3, -0.25) is 19.3 Å². The van der Waals surface area contributed by atoms with Gasteiger partial charge in [0.15, 0.2) is 0 Å². The smallest absolute Gasteiger partial charge is 0.324 e. The van der Waals surface area contributed by atoms with Gasteiger partial charge in [0.1, 0.15) is 6.54 Å². The normalized spacial score (nSPS) is 22.4. The number of benzene rings is 2. The van der Waals surface area contributed by atoms with Crippen LogP contribution in [0.5, 0.6) is 0 Å². The van der Waals surface area contributed by atoms with Crippen molar-refractivity contribution in [2.75, 3.05) is 11.9 Å². The molecule has 5 amide bonds. The van der Waals surface area contributed by atoms with E-state index in [9.17, 15) is 19.2 Å². The molecule has 1 aliphatic carbocycles. The molecule has 1 heterocycles. The Morgan fingerprint density at radius 2 is 1.72 bits per heavy atom. The summed E-state index contributed by atoms with van der Waals surface area (Å²) in [4.78, 5) is 52.1. The molecular weight excluding hydrogens is 370 g/mol. The van der Waals surface area contributed by atoms with Gasteiger partial charge < -0.3 is 5.32 Å². The van der Waals surface area contributed by atoms with Crippen molar-refractivity contribution in [1.29, 1.82) is 0 Å². The van der Waals surface area contributed by atoms with Crippen molar-refractivity contribution in [3.63, 3.8) is 0 Å². The summed E-state index contributed by atoms with van der Waals surface area (Å²) in [5.74, 6) is -2.13. The van der Waals surface area contributed by atoms with Gasteiger partial charge in [-0.2, -0.15) is 0 Å². The van der Waals surface area contributed by atoms with Crippen molar-refractivity contribution >= 4 is 40.2 Å². The standard InChI is InChI=1S/C22H23N3O4/c1-14-7-2-5-12-18(14)25-21(28)20(27)24(22(25)29)13-19(26)23-17-11-6-9-15-8-3-4-10-16(15)17/h3-4,6,8-11,14,18H,2,5,7,12-13H2,1H3,(H,23,26)/t14-,18-/m1/s1. The van der Waals surface area contributed by atoms with Gasteiger partial charge in [-0.1, -0.05) is 56.2 Å². The molecule has 0 spiro atoms. The highest BCUT2D eigenvalue weighted by Crippen LogP contribution is 2.31. The van der Waals surface area contributed by atoms with Gasteiger partial charge in [0, 0.05) is 17.1 Å². The summed E-state index contributed by atoms with van der Waals surface area (Å²) in [6.45, 7) is 1.51. The van der Waals surface area contributed by atoms with E-state index in [0.717, 1.165) is 39.8 Å². The Labute approximate surface area is 168 Å². The number of rotatable bonds is 4. The van der Waals surface area contributed by atoms with Crippen LogP contribution in [0.3, 0.4) is 0 Å². The molecule has 2 aromatic carbocycles. The van der Waals surface area contributed by atoms with Crippen LogP contribution < -0.4 is 5.32 Å². The number of urea groups is 1. The highest BCUT2D eigenvalue weighted by Gasteiger charge is 2.49. The zero-order valence-electron chi connectivity index (χ0n) is 16.3. The molecule has 7 heteroatoms. The van der Waals surface area contributed by atoms with E-state index in [1.807, 2.05) is 43.3 Å². The van der Waals surface area contributed by atoms with E-state index in [1.54, 1.807) is 6.07 Å². The molecule has 0 bridgehead atoms. The van der Waals surface area contributed by atoms with Crippen LogP contribution in [-0.2, 0) is 14.4 Å². The largest absolute Gasteiger partial charge is 0.334 e. The minimum Gasteiger partial charge on any atom is -0.324 e. The van der Waals surface area contributed by atoms with Gasteiger partial charge >= 0.3 is 17.8 Å². The van der Waals surface area contributed by atoms with Gasteiger partial charge in [0.25, 0.3) is 0 Å². The first-order valence-corrected chi connectivity index (χ1v) is 9.94. The Morgan fingerprint density at radius 3 is 2.52 bits per heavy atom. The number of amides is 5. The SMILES string of the molecule is C[C@@H]1CCCC[C@H]1N1C(=O)C(=O)N(CC(=O)Nc2cccc3ccccc23)C1=O. The number of nitrogens with one attached hydrogen (secondary N) is 1. The van der Waals surface area contributed by atoms with Crippen molar-refractivity contribution in [3.05, 3.63) is 42.5 Å². The first-order chi connectivity index (χ1) is 14.0. The molecule has 2 aromatic rings. The number of hydrogen-bond donors (Lipinski definition) is 1. The number of carbonyl (C=O) groups is 4. The number of hydrogen-bond acceptors (Lipinski definition) is 4. The summed E-state index contributed by atoms with van der Waals surface area (Å²) in [7, 11) is 0. The lowest BCUT2D eigenvalue weighted by atomic mass is 9.85. The predicted molar refractivity (Wildman–Crippen MR) is 108 cm³/mol. The zero-order valence-corrected chi connectivity index (χ0v) is 16.3. The van der Waals surface area contributed by atoms with Crippen LogP contribution in [0.4, 0.5) is 10.5 Å². The van der Waals surface area contributed by atoms with Gasteiger partial charge in [0.05, 0.1) is 0 Å². The Balaban J connectivity index is 1.50. The summed E-state index contributed by atoms with van der Waals surface area (Å²) in [6, 6.07) is 12.1. The van der Waals surface area contributed by atoms with Crippen molar-refractivity contribution in [3.8, 4) is 0 Å². The van der Waals surface area contributed by atoms with Crippen LogP contribution in [0.2, 0.25) is 0 Å². The van der Waals surface area contributed by atoms with Crippen LogP contribution in [0.25, 0.3) is 10.8 Å². The zero-order chi connectivity index (χ0) is 20.5. The van der Waals surface area contributed by atoms with Crippen LogP contribution in [-0.4, -0.2) is 46.1 Å². The Kier molecular flexibility index (Phi) is 5.05. The fourth-order valence-electron chi connectivity index (χ4n) is 4.30. The van der Waals surface area contributed by atoms with Crippen molar-refractivity contribution in [1.82, 2.24) is 9.80 Å². The fraction of sp³-hybridized carbons (Fsp3) is 0.364. The summed E-state index contributed by atoms with van der Waals surface area (Å²) in [5, 5.41) is 4.58. The van der Waals surface area contributed by atoms with E-state index < -0.39 is 30.3 Å². The number of imide groups is 2.